The molecule has 1 atom stereocenters. The zero-order chi connectivity index (χ0) is 14.2. The molecule has 0 rings (SSSR count). The number of aldehydes is 1. The Morgan fingerprint density at radius 1 is 0.737 bits per heavy atom. The molecule has 0 aliphatic heterocycles. The minimum Gasteiger partial charge on any atom is -0.396 e. The number of aliphatic hydroxyl groups is 2. The van der Waals surface area contributed by atoms with Gasteiger partial charge in [-0.3, -0.25) is 0 Å². The van der Waals surface area contributed by atoms with Crippen LogP contribution in [0, 0.1) is 0 Å². The number of hydrogen-bond acceptors (Lipinski definition) is 3. The molecule has 0 aromatic carbocycles. The van der Waals surface area contributed by atoms with Crippen LogP contribution in [0.25, 0.3) is 0 Å². The fourth-order valence-electron chi connectivity index (χ4n) is 2.30. The third-order valence-electron chi connectivity index (χ3n) is 3.55. The van der Waals surface area contributed by atoms with Gasteiger partial charge in [0.1, 0.15) is 6.29 Å². The van der Waals surface area contributed by atoms with Crippen molar-refractivity contribution in [1.82, 2.24) is 0 Å². The first-order chi connectivity index (χ1) is 9.31. The Kier molecular flexibility index (Phi) is 15.3. The molecule has 0 aromatic heterocycles. The molecule has 0 aliphatic rings. The Bertz CT molecular complexity index is 183. The van der Waals surface area contributed by atoms with Gasteiger partial charge in [0.15, 0.2) is 0 Å². The normalized spacial score (nSPS) is 12.5. The van der Waals surface area contributed by atoms with Gasteiger partial charge in [-0.1, -0.05) is 51.4 Å². The lowest BCUT2D eigenvalue weighted by Crippen LogP contribution is -2.06. The van der Waals surface area contributed by atoms with Crippen LogP contribution in [0.1, 0.15) is 83.5 Å². The SMILES string of the molecule is O=CCCCCCCCCC(O)CCCCCCO. The van der Waals surface area contributed by atoms with Crippen LogP contribution >= 0.6 is 0 Å². The van der Waals surface area contributed by atoms with Crippen molar-refractivity contribution in [3.63, 3.8) is 0 Å². The summed E-state index contributed by atoms with van der Waals surface area (Å²) in [6, 6.07) is 0. The van der Waals surface area contributed by atoms with Gasteiger partial charge in [0.05, 0.1) is 6.10 Å². The highest BCUT2D eigenvalue weighted by atomic mass is 16.3. The quantitative estimate of drug-likeness (QED) is 0.354. The fourth-order valence-corrected chi connectivity index (χ4v) is 2.30. The molecule has 1 unspecified atom stereocenters. The van der Waals surface area contributed by atoms with Gasteiger partial charge in [-0.05, 0) is 25.7 Å². The summed E-state index contributed by atoms with van der Waals surface area (Å²) in [6.07, 6.45) is 14.5. The van der Waals surface area contributed by atoms with E-state index in [1.54, 1.807) is 0 Å². The van der Waals surface area contributed by atoms with Crippen molar-refractivity contribution in [1.29, 1.82) is 0 Å². The third-order valence-corrected chi connectivity index (χ3v) is 3.55. The van der Waals surface area contributed by atoms with Gasteiger partial charge in [0.25, 0.3) is 0 Å². The maximum Gasteiger partial charge on any atom is 0.119 e. The standard InChI is InChI=1S/C16H32O3/c17-14-10-6-3-1-2-4-8-12-16(19)13-9-5-7-11-15-18/h14,16,18-19H,1-13,15H2. The van der Waals surface area contributed by atoms with Crippen molar-refractivity contribution in [3.8, 4) is 0 Å². The van der Waals surface area contributed by atoms with Gasteiger partial charge >= 0.3 is 0 Å². The zero-order valence-electron chi connectivity index (χ0n) is 12.4. The molecule has 0 saturated heterocycles. The molecule has 2 N–H and O–H groups in total. The van der Waals surface area contributed by atoms with Gasteiger partial charge in [0, 0.05) is 13.0 Å². The minimum absolute atomic E-state index is 0.135. The van der Waals surface area contributed by atoms with Crippen molar-refractivity contribution >= 4 is 6.29 Å². The van der Waals surface area contributed by atoms with Crippen molar-refractivity contribution in [3.05, 3.63) is 0 Å². The summed E-state index contributed by atoms with van der Waals surface area (Å²) in [6.45, 7) is 0.287. The highest BCUT2D eigenvalue weighted by molar-refractivity contribution is 5.48. The van der Waals surface area contributed by atoms with Gasteiger partial charge in [-0.15, -0.1) is 0 Å². The van der Waals surface area contributed by atoms with Crippen LogP contribution in [-0.2, 0) is 4.79 Å². The van der Waals surface area contributed by atoms with Crippen LogP contribution in [0.5, 0.6) is 0 Å². The lowest BCUT2D eigenvalue weighted by Gasteiger charge is -2.10. The average molecular weight is 272 g/mol. The van der Waals surface area contributed by atoms with Crippen LogP contribution in [0.4, 0.5) is 0 Å². The van der Waals surface area contributed by atoms with E-state index in [4.69, 9.17) is 5.11 Å². The number of unbranched alkanes of at least 4 members (excludes halogenated alkanes) is 9. The first-order valence-corrected chi connectivity index (χ1v) is 8.03. The molecular weight excluding hydrogens is 240 g/mol. The second-order valence-corrected chi connectivity index (χ2v) is 5.45. The second-order valence-electron chi connectivity index (χ2n) is 5.45. The van der Waals surface area contributed by atoms with E-state index in [2.05, 4.69) is 0 Å². The summed E-state index contributed by atoms with van der Waals surface area (Å²) in [5.74, 6) is 0. The summed E-state index contributed by atoms with van der Waals surface area (Å²) in [7, 11) is 0. The van der Waals surface area contributed by atoms with Gasteiger partial charge in [-0.25, -0.2) is 0 Å². The Labute approximate surface area is 118 Å². The van der Waals surface area contributed by atoms with Gasteiger partial charge in [-0.2, -0.15) is 0 Å². The highest BCUT2D eigenvalue weighted by Gasteiger charge is 2.03. The molecule has 0 saturated carbocycles. The van der Waals surface area contributed by atoms with E-state index in [0.29, 0.717) is 6.42 Å². The first kappa shape index (κ1) is 18.6. The Morgan fingerprint density at radius 2 is 1.21 bits per heavy atom. The smallest absolute Gasteiger partial charge is 0.119 e. The minimum atomic E-state index is -0.135. The molecule has 0 spiro atoms. The van der Waals surface area contributed by atoms with Crippen molar-refractivity contribution < 1.29 is 15.0 Å². The Hall–Kier alpha value is -0.410. The lowest BCUT2D eigenvalue weighted by molar-refractivity contribution is -0.107. The van der Waals surface area contributed by atoms with E-state index in [1.165, 1.54) is 19.3 Å². The predicted molar refractivity (Wildman–Crippen MR) is 79.2 cm³/mol. The number of carbonyl (C=O) groups is 1. The Morgan fingerprint density at radius 3 is 1.74 bits per heavy atom. The van der Waals surface area contributed by atoms with Crippen LogP contribution < -0.4 is 0 Å². The summed E-state index contributed by atoms with van der Waals surface area (Å²) < 4.78 is 0. The molecule has 0 radical (unpaired) electrons. The number of rotatable bonds is 15. The van der Waals surface area contributed by atoms with Crippen LogP contribution in [0.2, 0.25) is 0 Å². The summed E-state index contributed by atoms with van der Waals surface area (Å²) in [5, 5.41) is 18.4. The van der Waals surface area contributed by atoms with Crippen molar-refractivity contribution in [2.75, 3.05) is 6.61 Å². The molecule has 19 heavy (non-hydrogen) atoms. The maximum atomic E-state index is 10.1. The summed E-state index contributed by atoms with van der Waals surface area (Å²) >= 11 is 0. The second kappa shape index (κ2) is 15.6. The first-order valence-electron chi connectivity index (χ1n) is 8.03. The monoisotopic (exact) mass is 272 g/mol. The van der Waals surface area contributed by atoms with Gasteiger partial charge < -0.3 is 15.0 Å². The van der Waals surface area contributed by atoms with Crippen molar-refractivity contribution in [2.24, 2.45) is 0 Å². The molecule has 3 heteroatoms. The molecular formula is C16H32O3. The average Bonchev–Trinajstić information content (AvgIpc) is 2.41. The van der Waals surface area contributed by atoms with E-state index in [-0.39, 0.29) is 12.7 Å². The molecule has 0 heterocycles. The molecule has 0 fully saturated rings. The molecule has 0 aromatic rings. The fraction of sp³-hybridized carbons (Fsp3) is 0.938. The summed E-state index contributed by atoms with van der Waals surface area (Å²) in [4.78, 5) is 10.1. The number of carbonyl (C=O) groups excluding carboxylic acids is 1. The molecule has 114 valence electrons. The van der Waals surface area contributed by atoms with E-state index >= 15 is 0 Å². The van der Waals surface area contributed by atoms with E-state index in [1.807, 2.05) is 0 Å². The number of hydrogen-bond donors (Lipinski definition) is 2. The zero-order valence-corrected chi connectivity index (χ0v) is 12.4. The van der Waals surface area contributed by atoms with Crippen LogP contribution in [0.15, 0.2) is 0 Å². The van der Waals surface area contributed by atoms with E-state index < -0.39 is 0 Å². The largest absolute Gasteiger partial charge is 0.396 e. The summed E-state index contributed by atoms with van der Waals surface area (Å²) in [5.41, 5.74) is 0. The lowest BCUT2D eigenvalue weighted by atomic mass is 10.0. The van der Waals surface area contributed by atoms with Crippen molar-refractivity contribution in [2.45, 2.75) is 89.6 Å². The molecule has 0 bridgehead atoms. The van der Waals surface area contributed by atoms with Gasteiger partial charge in [0.2, 0.25) is 0 Å². The van der Waals surface area contributed by atoms with E-state index in [9.17, 15) is 9.90 Å². The highest BCUT2D eigenvalue weighted by Crippen LogP contribution is 2.13. The maximum absolute atomic E-state index is 10.1. The van der Waals surface area contributed by atoms with E-state index in [0.717, 1.165) is 64.1 Å². The molecule has 0 amide bonds. The van der Waals surface area contributed by atoms with Crippen LogP contribution in [-0.4, -0.2) is 29.2 Å². The molecule has 3 nitrogen and oxygen atoms in total. The topological polar surface area (TPSA) is 57.5 Å². The number of aliphatic hydroxyl groups excluding tert-OH is 2. The van der Waals surface area contributed by atoms with Crippen LogP contribution in [0.3, 0.4) is 0 Å². The molecule has 0 aliphatic carbocycles. The third kappa shape index (κ3) is 15.5. The Balaban J connectivity index is 3.11. The predicted octanol–water partition coefficient (Wildman–Crippen LogP) is 3.61.